The molecule has 1 aromatic rings. The zero-order chi connectivity index (χ0) is 15.7. The molecule has 1 aromatic heterocycles. The molecule has 0 bridgehead atoms. The van der Waals surface area contributed by atoms with Gasteiger partial charge in [0.15, 0.2) is 0 Å². The van der Waals surface area contributed by atoms with Gasteiger partial charge in [0.2, 0.25) is 0 Å². The second-order valence-electron chi connectivity index (χ2n) is 7.67. The van der Waals surface area contributed by atoms with Crippen LogP contribution < -0.4 is 5.32 Å². The number of carbonyl (C=O) groups excluding carboxylic acids is 1. The molecule has 0 aromatic carbocycles. The summed E-state index contributed by atoms with van der Waals surface area (Å²) in [7, 11) is 0. The lowest BCUT2D eigenvalue weighted by Crippen LogP contribution is -2.40. The van der Waals surface area contributed by atoms with E-state index in [1.807, 2.05) is 11.1 Å². The molecular weight excluding hydrogens is 288 g/mol. The molecule has 1 saturated carbocycles. The number of likely N-dealkylation sites (tertiary alicyclic amines) is 1. The number of fused-ring (bicyclic) bond motifs is 1. The molecule has 3 aliphatic rings. The number of urea groups is 1. The lowest BCUT2D eigenvalue weighted by molar-refractivity contribution is 0.177. The third kappa shape index (κ3) is 2.98. The van der Waals surface area contributed by atoms with E-state index >= 15 is 0 Å². The van der Waals surface area contributed by atoms with Crippen molar-refractivity contribution in [3.8, 4) is 0 Å². The van der Waals surface area contributed by atoms with Crippen LogP contribution in [0.2, 0.25) is 0 Å². The van der Waals surface area contributed by atoms with E-state index < -0.39 is 0 Å². The molecule has 0 radical (unpaired) electrons. The van der Waals surface area contributed by atoms with Gasteiger partial charge in [0.25, 0.3) is 0 Å². The summed E-state index contributed by atoms with van der Waals surface area (Å²) in [5.41, 5.74) is 1.59. The number of aryl methyl sites for hydroxylation is 1. The van der Waals surface area contributed by atoms with Crippen molar-refractivity contribution < 1.29 is 4.79 Å². The monoisotopic (exact) mass is 316 g/mol. The van der Waals surface area contributed by atoms with Crippen LogP contribution in [0.25, 0.3) is 0 Å². The number of hydrogen-bond donors (Lipinski definition) is 1. The van der Waals surface area contributed by atoms with Crippen LogP contribution in [-0.2, 0) is 19.5 Å². The summed E-state index contributed by atoms with van der Waals surface area (Å²) >= 11 is 0. The van der Waals surface area contributed by atoms with Gasteiger partial charge in [-0.3, -0.25) is 0 Å². The van der Waals surface area contributed by atoms with E-state index in [-0.39, 0.29) is 6.03 Å². The largest absolute Gasteiger partial charge is 0.332 e. The maximum absolute atomic E-state index is 12.5. The molecule has 23 heavy (non-hydrogen) atoms. The second-order valence-corrected chi connectivity index (χ2v) is 7.67. The highest BCUT2D eigenvalue weighted by molar-refractivity contribution is 5.74. The minimum absolute atomic E-state index is 0.110. The number of hydrogen-bond acceptors (Lipinski definition) is 2. The topological polar surface area (TPSA) is 50.2 Å². The van der Waals surface area contributed by atoms with E-state index in [4.69, 9.17) is 0 Å². The van der Waals surface area contributed by atoms with Gasteiger partial charge in [0, 0.05) is 26.1 Å². The van der Waals surface area contributed by atoms with E-state index in [1.54, 1.807) is 0 Å². The van der Waals surface area contributed by atoms with E-state index in [1.165, 1.54) is 57.2 Å². The van der Waals surface area contributed by atoms with Gasteiger partial charge in [0.1, 0.15) is 5.82 Å². The normalized spacial score (nSPS) is 23.0. The third-order valence-electron chi connectivity index (χ3n) is 6.11. The highest BCUT2D eigenvalue weighted by atomic mass is 16.2. The number of aromatic nitrogens is 2. The van der Waals surface area contributed by atoms with E-state index in [2.05, 4.69) is 14.9 Å². The average Bonchev–Trinajstić information content (AvgIpc) is 3.18. The van der Waals surface area contributed by atoms with Gasteiger partial charge in [-0.1, -0.05) is 19.3 Å². The summed E-state index contributed by atoms with van der Waals surface area (Å²) in [6, 6.07) is 0.110. The van der Waals surface area contributed by atoms with Crippen molar-refractivity contribution >= 4 is 6.03 Å². The molecule has 2 amide bonds. The number of nitrogens with one attached hydrogen (secondary N) is 1. The fourth-order valence-electron chi connectivity index (χ4n) is 4.72. The van der Waals surface area contributed by atoms with Crippen molar-refractivity contribution in [2.45, 2.75) is 70.9 Å². The van der Waals surface area contributed by atoms with Crippen molar-refractivity contribution in [2.75, 3.05) is 13.1 Å². The van der Waals surface area contributed by atoms with Crippen molar-refractivity contribution in [1.82, 2.24) is 19.8 Å². The maximum atomic E-state index is 12.5. The zero-order valence-electron chi connectivity index (χ0n) is 14.0. The standard InChI is InChI=1S/C18H28N4O/c23-17(21-11-9-18(14-21)7-3-1-4-8-18)20-13-15-12-19-16-6-2-5-10-22(15)16/h12H,1-11,13-14H2,(H,20,23). The highest BCUT2D eigenvalue weighted by Crippen LogP contribution is 2.43. The Hall–Kier alpha value is -1.52. The predicted molar refractivity (Wildman–Crippen MR) is 89.1 cm³/mol. The minimum Gasteiger partial charge on any atom is -0.332 e. The Morgan fingerprint density at radius 1 is 1.13 bits per heavy atom. The Bertz CT molecular complexity index is 574. The van der Waals surface area contributed by atoms with Crippen LogP contribution in [0.1, 0.15) is 62.9 Å². The van der Waals surface area contributed by atoms with E-state index in [9.17, 15) is 4.79 Å². The molecule has 5 heteroatoms. The van der Waals surface area contributed by atoms with Gasteiger partial charge in [-0.15, -0.1) is 0 Å². The molecule has 2 aliphatic heterocycles. The van der Waals surface area contributed by atoms with E-state index in [0.29, 0.717) is 12.0 Å². The molecule has 4 rings (SSSR count). The number of imidazole rings is 1. The number of carbonyl (C=O) groups is 1. The van der Waals surface area contributed by atoms with Crippen LogP contribution in [0.15, 0.2) is 6.20 Å². The molecule has 0 unspecified atom stereocenters. The fourth-order valence-corrected chi connectivity index (χ4v) is 4.72. The molecular formula is C18H28N4O. The van der Waals surface area contributed by atoms with E-state index in [0.717, 1.165) is 31.7 Å². The Balaban J connectivity index is 1.33. The van der Waals surface area contributed by atoms with Gasteiger partial charge in [0.05, 0.1) is 18.4 Å². The quantitative estimate of drug-likeness (QED) is 0.911. The van der Waals surface area contributed by atoms with Crippen LogP contribution in [0.4, 0.5) is 4.79 Å². The number of amides is 2. The van der Waals surface area contributed by atoms with Gasteiger partial charge in [-0.05, 0) is 37.5 Å². The summed E-state index contributed by atoms with van der Waals surface area (Å²) in [6.45, 7) is 3.54. The average molecular weight is 316 g/mol. The zero-order valence-corrected chi connectivity index (χ0v) is 14.0. The third-order valence-corrected chi connectivity index (χ3v) is 6.11. The molecule has 3 heterocycles. The van der Waals surface area contributed by atoms with Crippen LogP contribution in [-0.4, -0.2) is 33.6 Å². The van der Waals surface area contributed by atoms with Crippen molar-refractivity contribution in [1.29, 1.82) is 0 Å². The first-order chi connectivity index (χ1) is 11.3. The molecule has 1 spiro atoms. The Kier molecular flexibility index (Phi) is 4.04. The summed E-state index contributed by atoms with van der Waals surface area (Å²) < 4.78 is 2.29. The van der Waals surface area contributed by atoms with Crippen molar-refractivity contribution in [3.63, 3.8) is 0 Å². The van der Waals surface area contributed by atoms with Crippen molar-refractivity contribution in [3.05, 3.63) is 17.7 Å². The minimum atomic E-state index is 0.110. The Labute approximate surface area is 138 Å². The fraction of sp³-hybridized carbons (Fsp3) is 0.778. The Morgan fingerprint density at radius 2 is 2.00 bits per heavy atom. The first kappa shape index (κ1) is 15.0. The lowest BCUT2D eigenvalue weighted by Gasteiger charge is -2.33. The van der Waals surface area contributed by atoms with Gasteiger partial charge < -0.3 is 14.8 Å². The molecule has 1 N–H and O–H groups in total. The second kappa shape index (κ2) is 6.17. The first-order valence-electron chi connectivity index (χ1n) is 9.32. The van der Waals surface area contributed by atoms with Crippen molar-refractivity contribution in [2.24, 2.45) is 5.41 Å². The predicted octanol–water partition coefficient (Wildman–Crippen LogP) is 3.09. The van der Waals surface area contributed by atoms with Crippen LogP contribution in [0, 0.1) is 5.41 Å². The Morgan fingerprint density at radius 3 is 2.87 bits per heavy atom. The van der Waals surface area contributed by atoms with Crippen LogP contribution >= 0.6 is 0 Å². The molecule has 126 valence electrons. The van der Waals surface area contributed by atoms with Crippen LogP contribution in [0.3, 0.4) is 0 Å². The molecule has 1 saturated heterocycles. The van der Waals surface area contributed by atoms with Gasteiger partial charge in [-0.25, -0.2) is 9.78 Å². The van der Waals surface area contributed by atoms with Gasteiger partial charge >= 0.3 is 6.03 Å². The number of nitrogens with zero attached hydrogens (tertiary/aromatic N) is 3. The highest BCUT2D eigenvalue weighted by Gasteiger charge is 2.40. The van der Waals surface area contributed by atoms with Gasteiger partial charge in [-0.2, -0.15) is 0 Å². The lowest BCUT2D eigenvalue weighted by atomic mass is 9.73. The SMILES string of the molecule is O=C(NCc1cnc2n1CCCC2)N1CCC2(CCCCC2)C1. The number of rotatable bonds is 2. The first-order valence-corrected chi connectivity index (χ1v) is 9.32. The summed E-state index contributed by atoms with van der Waals surface area (Å²) in [5.74, 6) is 1.18. The smallest absolute Gasteiger partial charge is 0.317 e. The molecule has 5 nitrogen and oxygen atoms in total. The summed E-state index contributed by atoms with van der Waals surface area (Å²) in [5, 5.41) is 3.13. The maximum Gasteiger partial charge on any atom is 0.317 e. The van der Waals surface area contributed by atoms with Crippen LogP contribution in [0.5, 0.6) is 0 Å². The molecule has 2 fully saturated rings. The molecule has 1 aliphatic carbocycles. The molecule has 0 atom stereocenters. The summed E-state index contributed by atoms with van der Waals surface area (Å²) in [4.78, 5) is 19.1. The summed E-state index contributed by atoms with van der Waals surface area (Å²) in [6.07, 6.45) is 13.4.